The molecule has 8 heteroatoms. The number of amides is 1. The highest BCUT2D eigenvalue weighted by Crippen LogP contribution is 2.21. The van der Waals surface area contributed by atoms with Gasteiger partial charge in [-0.15, -0.1) is 0 Å². The predicted molar refractivity (Wildman–Crippen MR) is 120 cm³/mol. The number of hydrogen-bond acceptors (Lipinski definition) is 7. The summed E-state index contributed by atoms with van der Waals surface area (Å²) in [5.74, 6) is 3.78. The third-order valence-electron chi connectivity index (χ3n) is 5.05. The molecule has 0 saturated carbocycles. The summed E-state index contributed by atoms with van der Waals surface area (Å²) in [6.45, 7) is 7.12. The minimum atomic E-state index is 0.0408. The average molecular weight is 419 g/mol. The monoisotopic (exact) mass is 418 g/mol. The number of benzene rings is 1. The highest BCUT2D eigenvalue weighted by atomic mass is 16.5. The largest absolute Gasteiger partial charge is 0.494 e. The first-order chi connectivity index (χ1) is 15.1. The van der Waals surface area contributed by atoms with Crippen molar-refractivity contribution in [1.29, 1.82) is 0 Å². The zero-order chi connectivity index (χ0) is 21.6. The van der Waals surface area contributed by atoms with Gasteiger partial charge < -0.3 is 19.9 Å². The number of aryl methyl sites for hydroxylation is 1. The number of nitrogens with zero attached hydrogens (tertiary/aromatic N) is 5. The molecule has 1 amide bonds. The van der Waals surface area contributed by atoms with Crippen molar-refractivity contribution in [2.75, 3.05) is 43.0 Å². The van der Waals surface area contributed by atoms with Crippen LogP contribution in [0.1, 0.15) is 23.1 Å². The number of aromatic nitrogens is 3. The zero-order valence-corrected chi connectivity index (χ0v) is 17.8. The molecule has 8 nitrogen and oxygen atoms in total. The Balaban J connectivity index is 1.39. The molecule has 1 N–H and O–H groups in total. The van der Waals surface area contributed by atoms with Gasteiger partial charge in [-0.3, -0.25) is 4.79 Å². The molecule has 0 atom stereocenters. The first-order valence-electron chi connectivity index (χ1n) is 10.4. The second-order valence-electron chi connectivity index (χ2n) is 7.24. The van der Waals surface area contributed by atoms with Crippen molar-refractivity contribution in [2.45, 2.75) is 13.8 Å². The van der Waals surface area contributed by atoms with Gasteiger partial charge in [-0.2, -0.15) is 0 Å². The normalized spacial score (nSPS) is 13.7. The van der Waals surface area contributed by atoms with Gasteiger partial charge in [0.25, 0.3) is 5.91 Å². The Morgan fingerprint density at radius 1 is 1.03 bits per heavy atom. The molecule has 0 aliphatic carbocycles. The third-order valence-corrected chi connectivity index (χ3v) is 5.05. The van der Waals surface area contributed by atoms with Gasteiger partial charge in [0.2, 0.25) is 0 Å². The minimum absolute atomic E-state index is 0.0408. The molecule has 160 valence electrons. The Morgan fingerprint density at radius 2 is 1.81 bits per heavy atom. The van der Waals surface area contributed by atoms with E-state index in [0.717, 1.165) is 17.4 Å². The molecule has 0 bridgehead atoms. The number of nitrogens with one attached hydrogen (secondary N) is 1. The van der Waals surface area contributed by atoms with E-state index in [1.807, 2.05) is 67.3 Å². The summed E-state index contributed by atoms with van der Waals surface area (Å²) < 4.78 is 5.45. The number of pyridine rings is 1. The smallest absolute Gasteiger partial charge is 0.253 e. The van der Waals surface area contributed by atoms with Gasteiger partial charge in [-0.25, -0.2) is 15.0 Å². The highest BCUT2D eigenvalue weighted by molar-refractivity contribution is 5.94. The molecule has 1 aliphatic heterocycles. The first-order valence-corrected chi connectivity index (χ1v) is 10.4. The Kier molecular flexibility index (Phi) is 6.26. The van der Waals surface area contributed by atoms with Crippen LogP contribution in [0.2, 0.25) is 0 Å². The van der Waals surface area contributed by atoms with Crippen LogP contribution in [0.3, 0.4) is 0 Å². The van der Waals surface area contributed by atoms with Crippen molar-refractivity contribution in [2.24, 2.45) is 0 Å². The van der Waals surface area contributed by atoms with Gasteiger partial charge in [0, 0.05) is 44.0 Å². The van der Waals surface area contributed by atoms with Crippen molar-refractivity contribution < 1.29 is 9.53 Å². The number of ether oxygens (including phenoxy) is 1. The summed E-state index contributed by atoms with van der Waals surface area (Å²) >= 11 is 0. The van der Waals surface area contributed by atoms with Gasteiger partial charge >= 0.3 is 0 Å². The van der Waals surface area contributed by atoms with E-state index in [-0.39, 0.29) is 5.91 Å². The summed E-state index contributed by atoms with van der Waals surface area (Å²) in [6, 6.07) is 14.9. The lowest BCUT2D eigenvalue weighted by Gasteiger charge is -2.35. The summed E-state index contributed by atoms with van der Waals surface area (Å²) in [5, 5.41) is 3.22. The Bertz CT molecular complexity index is 1020. The molecule has 4 rings (SSSR count). The number of hydrogen-bond donors (Lipinski definition) is 1. The molecule has 2 aromatic heterocycles. The standard InChI is InChI=1S/C23H26N6O2/c1-3-31-19-9-7-18(8-10-19)23(30)29-14-12-28(13-15-29)22-16-21(25-17(2)26-22)27-20-6-4-5-11-24-20/h4-11,16H,3,12-15H2,1-2H3,(H,24,25,26,27). The van der Waals surface area contributed by atoms with Gasteiger partial charge in [0.15, 0.2) is 0 Å². The molecule has 1 fully saturated rings. The van der Waals surface area contributed by atoms with Crippen molar-refractivity contribution in [3.63, 3.8) is 0 Å². The fourth-order valence-corrected chi connectivity index (χ4v) is 3.53. The maximum absolute atomic E-state index is 12.8. The van der Waals surface area contributed by atoms with Crippen LogP contribution in [0.4, 0.5) is 17.5 Å². The van der Waals surface area contributed by atoms with E-state index < -0.39 is 0 Å². The average Bonchev–Trinajstić information content (AvgIpc) is 2.80. The fraction of sp³-hybridized carbons (Fsp3) is 0.304. The first kappa shape index (κ1) is 20.6. The maximum Gasteiger partial charge on any atom is 0.253 e. The third kappa shape index (κ3) is 5.09. The summed E-state index contributed by atoms with van der Waals surface area (Å²) in [6.07, 6.45) is 1.73. The van der Waals surface area contributed by atoms with E-state index in [1.165, 1.54) is 0 Å². The topological polar surface area (TPSA) is 83.5 Å². The van der Waals surface area contributed by atoms with Crippen LogP contribution in [0.5, 0.6) is 5.75 Å². The molecule has 3 heterocycles. The Hall–Kier alpha value is -3.68. The van der Waals surface area contributed by atoms with Crippen LogP contribution in [0, 0.1) is 6.92 Å². The van der Waals surface area contributed by atoms with Gasteiger partial charge in [-0.05, 0) is 50.2 Å². The molecule has 1 saturated heterocycles. The lowest BCUT2D eigenvalue weighted by molar-refractivity contribution is 0.0746. The molecule has 31 heavy (non-hydrogen) atoms. The Labute approximate surface area is 181 Å². The molecule has 3 aromatic rings. The second-order valence-corrected chi connectivity index (χ2v) is 7.24. The number of rotatable bonds is 6. The lowest BCUT2D eigenvalue weighted by atomic mass is 10.1. The predicted octanol–water partition coefficient (Wildman–Crippen LogP) is 3.28. The van der Waals surface area contributed by atoms with E-state index in [0.29, 0.717) is 50.0 Å². The van der Waals surface area contributed by atoms with Crippen LogP contribution in [-0.4, -0.2) is 58.5 Å². The lowest BCUT2D eigenvalue weighted by Crippen LogP contribution is -2.49. The van der Waals surface area contributed by atoms with Crippen LogP contribution < -0.4 is 15.0 Å². The number of anilines is 3. The molecule has 0 radical (unpaired) electrons. The fourth-order valence-electron chi connectivity index (χ4n) is 3.53. The second kappa shape index (κ2) is 9.42. The summed E-state index contributed by atoms with van der Waals surface area (Å²) in [4.78, 5) is 30.2. The zero-order valence-electron chi connectivity index (χ0n) is 17.8. The van der Waals surface area contributed by atoms with Crippen LogP contribution in [0.25, 0.3) is 0 Å². The molecular formula is C23H26N6O2. The van der Waals surface area contributed by atoms with Crippen LogP contribution >= 0.6 is 0 Å². The van der Waals surface area contributed by atoms with Gasteiger partial charge in [-0.1, -0.05) is 6.07 Å². The molecule has 1 aromatic carbocycles. The van der Waals surface area contributed by atoms with Crippen LogP contribution in [0.15, 0.2) is 54.7 Å². The Morgan fingerprint density at radius 3 is 2.48 bits per heavy atom. The van der Waals surface area contributed by atoms with E-state index in [1.54, 1.807) is 6.20 Å². The van der Waals surface area contributed by atoms with E-state index in [4.69, 9.17) is 4.74 Å². The quantitative estimate of drug-likeness (QED) is 0.658. The molecule has 1 aliphatic rings. The summed E-state index contributed by atoms with van der Waals surface area (Å²) in [7, 11) is 0. The van der Waals surface area contributed by atoms with Crippen molar-refractivity contribution in [3.8, 4) is 5.75 Å². The number of carbonyl (C=O) groups is 1. The molecule has 0 spiro atoms. The van der Waals surface area contributed by atoms with Crippen LogP contribution in [-0.2, 0) is 0 Å². The van der Waals surface area contributed by atoms with E-state index in [2.05, 4.69) is 25.2 Å². The SMILES string of the molecule is CCOc1ccc(C(=O)N2CCN(c3cc(Nc4ccccn4)nc(C)n3)CC2)cc1. The van der Waals surface area contributed by atoms with Crippen molar-refractivity contribution in [1.82, 2.24) is 19.9 Å². The number of carbonyl (C=O) groups excluding carboxylic acids is 1. The van der Waals surface area contributed by atoms with Gasteiger partial charge in [0.1, 0.15) is 29.0 Å². The van der Waals surface area contributed by atoms with E-state index >= 15 is 0 Å². The van der Waals surface area contributed by atoms with E-state index in [9.17, 15) is 4.79 Å². The van der Waals surface area contributed by atoms with Crippen molar-refractivity contribution >= 4 is 23.4 Å². The molecule has 0 unspecified atom stereocenters. The molecular weight excluding hydrogens is 392 g/mol. The van der Waals surface area contributed by atoms with Crippen molar-refractivity contribution in [3.05, 3.63) is 66.1 Å². The van der Waals surface area contributed by atoms with Gasteiger partial charge in [0.05, 0.1) is 6.61 Å². The maximum atomic E-state index is 12.8. The summed E-state index contributed by atoms with van der Waals surface area (Å²) in [5.41, 5.74) is 0.677. The highest BCUT2D eigenvalue weighted by Gasteiger charge is 2.23. The minimum Gasteiger partial charge on any atom is -0.494 e. The number of piperazine rings is 1.